The summed E-state index contributed by atoms with van der Waals surface area (Å²) in [6.45, 7) is 2.87. The van der Waals surface area contributed by atoms with Crippen LogP contribution in [0.2, 0.25) is 0 Å². The summed E-state index contributed by atoms with van der Waals surface area (Å²) in [5.74, 6) is -0.667. The molecule has 0 aliphatic carbocycles. The zero-order chi connectivity index (χ0) is 20.3. The Balaban J connectivity index is 3.47. The molecule has 5 heteroatoms. The van der Waals surface area contributed by atoms with Gasteiger partial charge in [-0.15, -0.1) is 0 Å². The lowest BCUT2D eigenvalue weighted by molar-refractivity contribution is -0.142. The number of unbranched alkanes of at least 4 members (excludes halogenated alkanes) is 8. The Morgan fingerprint density at radius 2 is 1.56 bits per heavy atom. The molecular formula is C22H42N2O3. The summed E-state index contributed by atoms with van der Waals surface area (Å²) in [6.07, 6.45) is 18.2. The van der Waals surface area contributed by atoms with E-state index < -0.39 is 12.0 Å². The Hall–Kier alpha value is -1.36. The highest BCUT2D eigenvalue weighted by molar-refractivity contribution is 5.75. The third-order valence-electron chi connectivity index (χ3n) is 4.80. The van der Waals surface area contributed by atoms with Crippen molar-refractivity contribution in [3.8, 4) is 0 Å². The highest BCUT2D eigenvalue weighted by atomic mass is 16.4. The van der Waals surface area contributed by atoms with Crippen LogP contribution >= 0.6 is 0 Å². The smallest absolute Gasteiger partial charge is 0.320 e. The molecule has 0 bridgehead atoms. The Kier molecular flexibility index (Phi) is 17.1. The molecule has 0 aliphatic heterocycles. The van der Waals surface area contributed by atoms with E-state index in [1.54, 1.807) is 19.0 Å². The minimum Gasteiger partial charge on any atom is -0.480 e. The molecule has 5 nitrogen and oxygen atoms in total. The van der Waals surface area contributed by atoms with E-state index in [0.717, 1.165) is 38.5 Å². The van der Waals surface area contributed by atoms with E-state index in [-0.39, 0.29) is 5.91 Å². The van der Waals surface area contributed by atoms with Gasteiger partial charge in [0.1, 0.15) is 6.04 Å². The second-order valence-electron chi connectivity index (χ2n) is 7.58. The second kappa shape index (κ2) is 18.0. The van der Waals surface area contributed by atoms with E-state index in [1.165, 1.54) is 32.1 Å². The van der Waals surface area contributed by atoms with E-state index >= 15 is 0 Å². The number of nitrogens with one attached hydrogen (secondary N) is 1. The zero-order valence-corrected chi connectivity index (χ0v) is 17.8. The van der Waals surface area contributed by atoms with Gasteiger partial charge < -0.3 is 10.4 Å². The number of aliphatic carboxylic acids is 1. The number of amides is 1. The Morgan fingerprint density at radius 1 is 0.926 bits per heavy atom. The van der Waals surface area contributed by atoms with Crippen LogP contribution in [0.25, 0.3) is 0 Å². The van der Waals surface area contributed by atoms with E-state index in [4.69, 9.17) is 5.11 Å². The van der Waals surface area contributed by atoms with Gasteiger partial charge in [-0.05, 0) is 65.5 Å². The normalized spacial score (nSPS) is 12.6. The van der Waals surface area contributed by atoms with Gasteiger partial charge in [-0.1, -0.05) is 44.8 Å². The fourth-order valence-corrected chi connectivity index (χ4v) is 3.03. The van der Waals surface area contributed by atoms with Crippen molar-refractivity contribution in [2.75, 3.05) is 20.6 Å². The summed E-state index contributed by atoms with van der Waals surface area (Å²) in [4.78, 5) is 24.6. The highest BCUT2D eigenvalue weighted by Gasteiger charge is 2.18. The number of rotatable bonds is 18. The molecule has 0 spiro atoms. The van der Waals surface area contributed by atoms with Crippen LogP contribution in [0.15, 0.2) is 12.2 Å². The molecule has 0 radical (unpaired) electrons. The van der Waals surface area contributed by atoms with Crippen molar-refractivity contribution in [1.29, 1.82) is 0 Å². The maximum atomic E-state index is 11.8. The van der Waals surface area contributed by atoms with Crippen molar-refractivity contribution in [1.82, 2.24) is 10.2 Å². The predicted octanol–water partition coefficient (Wildman–Crippen LogP) is 4.76. The van der Waals surface area contributed by atoms with Gasteiger partial charge in [0.05, 0.1) is 0 Å². The number of carboxylic acid groups (broad SMARTS) is 1. The number of carbonyl (C=O) groups excluding carboxylic acids is 1. The lowest BCUT2D eigenvalue weighted by Gasteiger charge is -2.19. The molecule has 1 atom stereocenters. The van der Waals surface area contributed by atoms with Crippen molar-refractivity contribution >= 4 is 11.9 Å². The third kappa shape index (κ3) is 16.5. The lowest BCUT2D eigenvalue weighted by Crippen LogP contribution is -2.35. The Morgan fingerprint density at radius 3 is 2.11 bits per heavy atom. The molecule has 27 heavy (non-hydrogen) atoms. The molecule has 0 fully saturated rings. The van der Waals surface area contributed by atoms with Crippen molar-refractivity contribution in [2.45, 2.75) is 96.4 Å². The first kappa shape index (κ1) is 25.6. The molecule has 1 amide bonds. The summed E-state index contributed by atoms with van der Waals surface area (Å²) < 4.78 is 0. The monoisotopic (exact) mass is 382 g/mol. The van der Waals surface area contributed by atoms with Crippen LogP contribution in [0, 0.1) is 0 Å². The number of hydrogen-bond donors (Lipinski definition) is 2. The van der Waals surface area contributed by atoms with Crippen LogP contribution in [0.4, 0.5) is 0 Å². The predicted molar refractivity (Wildman–Crippen MR) is 113 cm³/mol. The summed E-state index contributed by atoms with van der Waals surface area (Å²) in [6, 6.07) is -0.439. The van der Waals surface area contributed by atoms with Crippen LogP contribution in [0.3, 0.4) is 0 Å². The van der Waals surface area contributed by atoms with Crippen LogP contribution in [-0.2, 0) is 9.59 Å². The van der Waals surface area contributed by atoms with E-state index in [2.05, 4.69) is 24.4 Å². The molecular weight excluding hydrogens is 340 g/mol. The van der Waals surface area contributed by atoms with Gasteiger partial charge in [-0.2, -0.15) is 0 Å². The number of hydrogen-bond acceptors (Lipinski definition) is 3. The topological polar surface area (TPSA) is 69.6 Å². The SMILES string of the molecule is CCCCCC/C=C/CCCCCC(=O)NCCCC[C@@H](C(=O)O)N(C)C. The van der Waals surface area contributed by atoms with Crippen molar-refractivity contribution < 1.29 is 14.7 Å². The Bertz CT molecular complexity index is 408. The first-order chi connectivity index (χ1) is 13.0. The average molecular weight is 383 g/mol. The molecule has 2 N–H and O–H groups in total. The van der Waals surface area contributed by atoms with Crippen LogP contribution in [-0.4, -0.2) is 48.6 Å². The zero-order valence-electron chi connectivity index (χ0n) is 17.8. The molecule has 0 rings (SSSR count). The quantitative estimate of drug-likeness (QED) is 0.265. The van der Waals surface area contributed by atoms with Crippen molar-refractivity contribution in [3.05, 3.63) is 12.2 Å². The van der Waals surface area contributed by atoms with Gasteiger partial charge in [0, 0.05) is 13.0 Å². The molecule has 0 aromatic heterocycles. The average Bonchev–Trinajstić information content (AvgIpc) is 2.61. The molecule has 0 aromatic carbocycles. The third-order valence-corrected chi connectivity index (χ3v) is 4.80. The number of likely N-dealkylation sites (N-methyl/N-ethyl adjacent to an activating group) is 1. The van der Waals surface area contributed by atoms with E-state index in [9.17, 15) is 9.59 Å². The summed E-state index contributed by atoms with van der Waals surface area (Å²) in [5.41, 5.74) is 0. The molecule has 0 saturated heterocycles. The largest absolute Gasteiger partial charge is 0.480 e. The molecule has 0 unspecified atom stereocenters. The van der Waals surface area contributed by atoms with Crippen molar-refractivity contribution in [2.24, 2.45) is 0 Å². The van der Waals surface area contributed by atoms with E-state index in [0.29, 0.717) is 19.4 Å². The van der Waals surface area contributed by atoms with Gasteiger partial charge in [0.2, 0.25) is 5.91 Å². The number of nitrogens with zero attached hydrogens (tertiary/aromatic N) is 1. The molecule has 0 aliphatic rings. The van der Waals surface area contributed by atoms with Gasteiger partial charge >= 0.3 is 5.97 Å². The second-order valence-corrected chi connectivity index (χ2v) is 7.58. The van der Waals surface area contributed by atoms with Gasteiger partial charge in [0.25, 0.3) is 0 Å². The lowest BCUT2D eigenvalue weighted by atomic mass is 10.1. The van der Waals surface area contributed by atoms with Crippen molar-refractivity contribution in [3.63, 3.8) is 0 Å². The van der Waals surface area contributed by atoms with Gasteiger partial charge in [-0.25, -0.2) is 0 Å². The summed E-state index contributed by atoms with van der Waals surface area (Å²) >= 11 is 0. The number of allylic oxidation sites excluding steroid dienone is 2. The van der Waals surface area contributed by atoms with Crippen LogP contribution < -0.4 is 5.32 Å². The maximum absolute atomic E-state index is 11.8. The molecule has 0 heterocycles. The summed E-state index contributed by atoms with van der Waals surface area (Å²) in [5, 5.41) is 12.0. The molecule has 0 aromatic rings. The highest BCUT2D eigenvalue weighted by Crippen LogP contribution is 2.08. The fourth-order valence-electron chi connectivity index (χ4n) is 3.03. The van der Waals surface area contributed by atoms with Gasteiger partial charge in [0.15, 0.2) is 0 Å². The minimum atomic E-state index is -0.782. The first-order valence-electron chi connectivity index (χ1n) is 10.8. The fraction of sp³-hybridized carbons (Fsp3) is 0.818. The minimum absolute atomic E-state index is 0.115. The number of carboxylic acids is 1. The van der Waals surface area contributed by atoms with Crippen LogP contribution in [0.1, 0.15) is 90.4 Å². The molecule has 158 valence electrons. The maximum Gasteiger partial charge on any atom is 0.320 e. The first-order valence-corrected chi connectivity index (χ1v) is 10.8. The summed E-state index contributed by atoms with van der Waals surface area (Å²) in [7, 11) is 3.56. The number of carbonyl (C=O) groups is 2. The molecule has 0 saturated carbocycles. The van der Waals surface area contributed by atoms with Crippen LogP contribution in [0.5, 0.6) is 0 Å². The van der Waals surface area contributed by atoms with Gasteiger partial charge in [-0.3, -0.25) is 14.5 Å². The Labute approximate surface area is 166 Å². The standard InChI is InChI=1S/C22H42N2O3/c1-4-5-6-7-8-9-10-11-12-13-14-18-21(25)23-19-16-15-17-20(22(26)27)24(2)3/h9-10,20H,4-8,11-19H2,1-3H3,(H,23,25)(H,26,27)/b10-9+/t20-/m0/s1. The van der Waals surface area contributed by atoms with E-state index in [1.807, 2.05) is 0 Å².